The van der Waals surface area contributed by atoms with Crippen LogP contribution in [-0.4, -0.2) is 32.6 Å². The first-order valence-corrected chi connectivity index (χ1v) is 11.0. The first-order chi connectivity index (χ1) is 13.9. The van der Waals surface area contributed by atoms with Crippen LogP contribution < -0.4 is 9.62 Å². The van der Waals surface area contributed by atoms with E-state index < -0.39 is 32.5 Å². The Morgan fingerprint density at radius 2 is 1.63 bits per heavy atom. The van der Waals surface area contributed by atoms with Crippen molar-refractivity contribution in [2.45, 2.75) is 32.6 Å². The van der Waals surface area contributed by atoms with E-state index in [1.807, 2.05) is 32.6 Å². The maximum absolute atomic E-state index is 13.9. The second-order valence-corrected chi connectivity index (χ2v) is 9.56. The fourth-order valence-electron chi connectivity index (χ4n) is 3.09. The van der Waals surface area contributed by atoms with Gasteiger partial charge >= 0.3 is 5.97 Å². The number of carboxylic acids is 1. The van der Waals surface area contributed by atoms with Crippen molar-refractivity contribution in [1.29, 1.82) is 0 Å². The average molecular weight is 441 g/mol. The standard InChI is InChI=1S/C21H26F2N2O4S/c1-13(2)11-25(12-14(3)4)19-8-6-16(10-17(19)21(26)27)24-30(28,29)20-9-15(22)5-7-18(20)23/h5-10,13-14,24H,11-12H2,1-4H3,(H,26,27). The quantitative estimate of drug-likeness (QED) is 0.596. The van der Waals surface area contributed by atoms with Gasteiger partial charge in [-0.25, -0.2) is 22.0 Å². The zero-order valence-corrected chi connectivity index (χ0v) is 18.1. The molecule has 0 aliphatic carbocycles. The van der Waals surface area contributed by atoms with Crippen LogP contribution in [0.25, 0.3) is 0 Å². The van der Waals surface area contributed by atoms with Gasteiger partial charge in [-0.1, -0.05) is 27.7 Å². The van der Waals surface area contributed by atoms with Crippen molar-refractivity contribution < 1.29 is 27.1 Å². The molecule has 2 aromatic rings. The number of sulfonamides is 1. The minimum absolute atomic E-state index is 0.0612. The van der Waals surface area contributed by atoms with Crippen LogP contribution in [0, 0.1) is 23.5 Å². The van der Waals surface area contributed by atoms with E-state index in [0.29, 0.717) is 30.9 Å². The van der Waals surface area contributed by atoms with Crippen molar-refractivity contribution in [1.82, 2.24) is 0 Å². The van der Waals surface area contributed by atoms with E-state index in [-0.39, 0.29) is 23.1 Å². The first kappa shape index (κ1) is 23.6. The molecule has 2 rings (SSSR count). The van der Waals surface area contributed by atoms with Gasteiger partial charge in [0.2, 0.25) is 0 Å². The number of benzene rings is 2. The largest absolute Gasteiger partial charge is 0.478 e. The number of aromatic carboxylic acids is 1. The molecule has 0 heterocycles. The smallest absolute Gasteiger partial charge is 0.337 e. The van der Waals surface area contributed by atoms with Gasteiger partial charge in [0.05, 0.1) is 11.3 Å². The second-order valence-electron chi connectivity index (χ2n) is 7.91. The number of rotatable bonds is 9. The Bertz CT molecular complexity index is 1010. The van der Waals surface area contributed by atoms with Gasteiger partial charge in [-0.2, -0.15) is 0 Å². The van der Waals surface area contributed by atoms with Crippen LogP contribution in [0.15, 0.2) is 41.3 Å². The lowest BCUT2D eigenvalue weighted by Crippen LogP contribution is -2.32. The molecule has 9 heteroatoms. The molecule has 0 radical (unpaired) electrons. The molecule has 0 amide bonds. The van der Waals surface area contributed by atoms with Crippen molar-refractivity contribution in [3.63, 3.8) is 0 Å². The fourth-order valence-corrected chi connectivity index (χ4v) is 4.23. The topological polar surface area (TPSA) is 86.7 Å². The molecule has 0 saturated carbocycles. The zero-order chi connectivity index (χ0) is 22.6. The maximum atomic E-state index is 13.9. The van der Waals surface area contributed by atoms with Gasteiger partial charge in [0.25, 0.3) is 10.0 Å². The van der Waals surface area contributed by atoms with Gasteiger partial charge < -0.3 is 10.0 Å². The SMILES string of the molecule is CC(C)CN(CC(C)C)c1ccc(NS(=O)(=O)c2cc(F)ccc2F)cc1C(=O)O. The highest BCUT2D eigenvalue weighted by Crippen LogP contribution is 2.28. The summed E-state index contributed by atoms with van der Waals surface area (Å²) in [6.45, 7) is 9.32. The van der Waals surface area contributed by atoms with E-state index in [1.54, 1.807) is 0 Å². The van der Waals surface area contributed by atoms with Gasteiger partial charge in [-0.15, -0.1) is 0 Å². The van der Waals surface area contributed by atoms with Crippen molar-refractivity contribution in [3.05, 3.63) is 53.6 Å². The average Bonchev–Trinajstić information content (AvgIpc) is 2.62. The van der Waals surface area contributed by atoms with E-state index in [2.05, 4.69) is 4.72 Å². The van der Waals surface area contributed by atoms with Crippen LogP contribution in [0.1, 0.15) is 38.1 Å². The number of anilines is 2. The van der Waals surface area contributed by atoms with E-state index in [0.717, 1.165) is 6.07 Å². The zero-order valence-electron chi connectivity index (χ0n) is 17.3. The Morgan fingerprint density at radius 3 is 2.17 bits per heavy atom. The Morgan fingerprint density at radius 1 is 1.03 bits per heavy atom. The summed E-state index contributed by atoms with van der Waals surface area (Å²) in [6, 6.07) is 6.20. The molecular weight excluding hydrogens is 414 g/mol. The Hall–Kier alpha value is -2.68. The third kappa shape index (κ3) is 5.91. The number of hydrogen-bond acceptors (Lipinski definition) is 4. The minimum atomic E-state index is -4.45. The van der Waals surface area contributed by atoms with E-state index in [9.17, 15) is 27.1 Å². The molecule has 0 aliphatic rings. The highest BCUT2D eigenvalue weighted by molar-refractivity contribution is 7.92. The number of carboxylic acid groups (broad SMARTS) is 1. The first-order valence-electron chi connectivity index (χ1n) is 9.51. The highest BCUT2D eigenvalue weighted by Gasteiger charge is 2.23. The molecule has 2 aromatic carbocycles. The van der Waals surface area contributed by atoms with Gasteiger partial charge in [-0.3, -0.25) is 4.72 Å². The van der Waals surface area contributed by atoms with Crippen molar-refractivity contribution >= 4 is 27.4 Å². The van der Waals surface area contributed by atoms with Crippen LogP contribution in [0.2, 0.25) is 0 Å². The normalized spacial score (nSPS) is 11.7. The lowest BCUT2D eigenvalue weighted by molar-refractivity contribution is 0.0697. The Kier molecular flexibility index (Phi) is 7.41. The summed E-state index contributed by atoms with van der Waals surface area (Å²) in [5.41, 5.74) is 0.315. The lowest BCUT2D eigenvalue weighted by atomic mass is 10.1. The van der Waals surface area contributed by atoms with Crippen LogP contribution in [-0.2, 0) is 10.0 Å². The van der Waals surface area contributed by atoms with E-state index in [4.69, 9.17) is 0 Å². The molecule has 0 unspecified atom stereocenters. The molecule has 0 atom stereocenters. The number of halogens is 2. The predicted molar refractivity (Wildman–Crippen MR) is 112 cm³/mol. The Balaban J connectivity index is 2.45. The molecule has 0 aliphatic heterocycles. The summed E-state index contributed by atoms with van der Waals surface area (Å²) >= 11 is 0. The van der Waals surface area contributed by atoms with Crippen molar-refractivity contribution in [3.8, 4) is 0 Å². The van der Waals surface area contributed by atoms with Gasteiger partial charge in [-0.05, 0) is 48.2 Å². The fraction of sp³-hybridized carbons (Fsp3) is 0.381. The molecule has 0 saturated heterocycles. The minimum Gasteiger partial charge on any atom is -0.478 e. The summed E-state index contributed by atoms with van der Waals surface area (Å²) in [7, 11) is -4.45. The van der Waals surface area contributed by atoms with Gasteiger partial charge in [0, 0.05) is 18.8 Å². The molecule has 0 aromatic heterocycles. The predicted octanol–water partition coefficient (Wildman–Crippen LogP) is 4.58. The summed E-state index contributed by atoms with van der Waals surface area (Å²) in [4.78, 5) is 13.0. The number of hydrogen-bond donors (Lipinski definition) is 2. The van der Waals surface area contributed by atoms with Gasteiger partial charge in [0.15, 0.2) is 0 Å². The molecule has 0 bridgehead atoms. The summed E-state index contributed by atoms with van der Waals surface area (Å²) in [5, 5.41) is 9.69. The van der Waals surface area contributed by atoms with Crippen LogP contribution >= 0.6 is 0 Å². The number of nitrogens with one attached hydrogen (secondary N) is 1. The maximum Gasteiger partial charge on any atom is 0.337 e. The molecule has 0 fully saturated rings. The molecule has 0 spiro atoms. The summed E-state index contributed by atoms with van der Waals surface area (Å²) in [5.74, 6) is -2.69. The number of nitrogens with zero attached hydrogens (tertiary/aromatic N) is 1. The Labute approximate surface area is 175 Å². The van der Waals surface area contributed by atoms with Gasteiger partial charge in [0.1, 0.15) is 16.5 Å². The molecule has 164 valence electrons. The highest BCUT2D eigenvalue weighted by atomic mass is 32.2. The van der Waals surface area contributed by atoms with Crippen molar-refractivity contribution in [2.24, 2.45) is 11.8 Å². The second kappa shape index (κ2) is 9.42. The van der Waals surface area contributed by atoms with E-state index >= 15 is 0 Å². The third-order valence-corrected chi connectivity index (χ3v) is 5.57. The third-order valence-electron chi connectivity index (χ3n) is 4.17. The molecular formula is C21H26F2N2O4S. The molecule has 6 nitrogen and oxygen atoms in total. The lowest BCUT2D eigenvalue weighted by Gasteiger charge is -2.30. The summed E-state index contributed by atoms with van der Waals surface area (Å²) < 4.78 is 54.4. The van der Waals surface area contributed by atoms with Crippen LogP contribution in [0.5, 0.6) is 0 Å². The molecule has 2 N–H and O–H groups in total. The van der Waals surface area contributed by atoms with Crippen LogP contribution in [0.3, 0.4) is 0 Å². The van der Waals surface area contributed by atoms with Crippen LogP contribution in [0.4, 0.5) is 20.2 Å². The van der Waals surface area contributed by atoms with Crippen molar-refractivity contribution in [2.75, 3.05) is 22.7 Å². The molecule has 30 heavy (non-hydrogen) atoms. The van der Waals surface area contributed by atoms with E-state index in [1.165, 1.54) is 18.2 Å². The monoisotopic (exact) mass is 440 g/mol. The summed E-state index contributed by atoms with van der Waals surface area (Å²) in [6.07, 6.45) is 0. The number of carbonyl (C=O) groups is 1.